The zero-order valence-electron chi connectivity index (χ0n) is 8.29. The Morgan fingerprint density at radius 3 is 2.92 bits per heavy atom. The van der Waals surface area contributed by atoms with E-state index >= 15 is 0 Å². The van der Waals surface area contributed by atoms with Gasteiger partial charge in [0, 0.05) is 5.69 Å². The summed E-state index contributed by atoms with van der Waals surface area (Å²) in [5.74, 6) is 0. The fourth-order valence-electron chi connectivity index (χ4n) is 1.22. The largest absolute Gasteiger partial charge is 0.375 e. The van der Waals surface area contributed by atoms with Gasteiger partial charge in [-0.15, -0.1) is 6.58 Å². The summed E-state index contributed by atoms with van der Waals surface area (Å²) in [6.45, 7) is 9.73. The number of aryl methyl sites for hydroxylation is 2. The van der Waals surface area contributed by atoms with Gasteiger partial charge in [0.05, 0.1) is 25.5 Å². The first-order chi connectivity index (χ1) is 6.24. The lowest BCUT2D eigenvalue weighted by Crippen LogP contribution is -2.08. The van der Waals surface area contributed by atoms with Crippen LogP contribution in [0.1, 0.15) is 11.4 Å². The summed E-state index contributed by atoms with van der Waals surface area (Å²) in [7, 11) is 0. The highest BCUT2D eigenvalue weighted by atomic mass is 16.5. The third-order valence-electron chi connectivity index (χ3n) is 1.79. The Labute approximate surface area is 79.0 Å². The monoisotopic (exact) mass is 180 g/mol. The third kappa shape index (κ3) is 3.03. The SMILES string of the molecule is C=CCOCCn1nc(C)cc1C. The second-order valence-electron chi connectivity index (χ2n) is 3.01. The summed E-state index contributed by atoms with van der Waals surface area (Å²) in [5.41, 5.74) is 2.24. The Kier molecular flexibility index (Phi) is 3.71. The van der Waals surface area contributed by atoms with Crippen molar-refractivity contribution in [1.82, 2.24) is 9.78 Å². The van der Waals surface area contributed by atoms with Gasteiger partial charge in [0.1, 0.15) is 0 Å². The molecule has 3 heteroatoms. The van der Waals surface area contributed by atoms with E-state index in [1.165, 1.54) is 5.69 Å². The van der Waals surface area contributed by atoms with E-state index < -0.39 is 0 Å². The van der Waals surface area contributed by atoms with E-state index in [0.717, 1.165) is 12.2 Å². The molecule has 0 aliphatic rings. The Morgan fingerprint density at radius 1 is 1.62 bits per heavy atom. The molecule has 3 nitrogen and oxygen atoms in total. The van der Waals surface area contributed by atoms with Crippen molar-refractivity contribution >= 4 is 0 Å². The van der Waals surface area contributed by atoms with Crippen LogP contribution in [-0.4, -0.2) is 23.0 Å². The van der Waals surface area contributed by atoms with Gasteiger partial charge >= 0.3 is 0 Å². The van der Waals surface area contributed by atoms with Crippen molar-refractivity contribution in [3.05, 3.63) is 30.1 Å². The zero-order valence-corrected chi connectivity index (χ0v) is 8.29. The quantitative estimate of drug-likeness (QED) is 0.509. The third-order valence-corrected chi connectivity index (χ3v) is 1.79. The van der Waals surface area contributed by atoms with Crippen molar-refractivity contribution in [3.63, 3.8) is 0 Å². The first-order valence-corrected chi connectivity index (χ1v) is 4.43. The molecule has 0 radical (unpaired) electrons. The average Bonchev–Trinajstić information content (AvgIpc) is 2.39. The highest BCUT2D eigenvalue weighted by Crippen LogP contribution is 2.00. The minimum Gasteiger partial charge on any atom is -0.375 e. The zero-order chi connectivity index (χ0) is 9.68. The van der Waals surface area contributed by atoms with Gasteiger partial charge in [0.2, 0.25) is 0 Å². The van der Waals surface area contributed by atoms with Crippen LogP contribution in [0, 0.1) is 13.8 Å². The van der Waals surface area contributed by atoms with Crippen LogP contribution >= 0.6 is 0 Å². The molecule has 1 heterocycles. The Bertz CT molecular complexity index is 278. The molecular weight excluding hydrogens is 164 g/mol. The van der Waals surface area contributed by atoms with Crippen LogP contribution in [0.25, 0.3) is 0 Å². The smallest absolute Gasteiger partial charge is 0.0667 e. The van der Waals surface area contributed by atoms with Crippen LogP contribution < -0.4 is 0 Å². The van der Waals surface area contributed by atoms with Crippen LogP contribution in [0.5, 0.6) is 0 Å². The number of hydrogen-bond acceptors (Lipinski definition) is 2. The van der Waals surface area contributed by atoms with Crippen LogP contribution in [-0.2, 0) is 11.3 Å². The van der Waals surface area contributed by atoms with Gasteiger partial charge in [0.15, 0.2) is 0 Å². The number of hydrogen-bond donors (Lipinski definition) is 0. The van der Waals surface area contributed by atoms with Crippen LogP contribution in [0.2, 0.25) is 0 Å². The number of rotatable bonds is 5. The second-order valence-corrected chi connectivity index (χ2v) is 3.01. The van der Waals surface area contributed by atoms with E-state index in [4.69, 9.17) is 4.74 Å². The summed E-state index contributed by atoms with van der Waals surface area (Å²) in [4.78, 5) is 0. The Hall–Kier alpha value is -1.09. The summed E-state index contributed by atoms with van der Waals surface area (Å²) in [5, 5.41) is 4.32. The van der Waals surface area contributed by atoms with E-state index in [1.807, 2.05) is 18.5 Å². The van der Waals surface area contributed by atoms with Crippen molar-refractivity contribution < 1.29 is 4.74 Å². The Balaban J connectivity index is 2.36. The molecule has 0 saturated heterocycles. The van der Waals surface area contributed by atoms with E-state index in [0.29, 0.717) is 13.2 Å². The molecule has 72 valence electrons. The van der Waals surface area contributed by atoms with Gasteiger partial charge in [-0.1, -0.05) is 6.08 Å². The lowest BCUT2D eigenvalue weighted by molar-refractivity contribution is 0.149. The molecule has 0 bridgehead atoms. The summed E-state index contributed by atoms with van der Waals surface area (Å²) in [6, 6.07) is 2.06. The molecule has 1 aromatic rings. The maximum atomic E-state index is 5.27. The predicted octanol–water partition coefficient (Wildman–Crippen LogP) is 1.70. The fraction of sp³-hybridized carbons (Fsp3) is 0.500. The molecule has 0 N–H and O–H groups in total. The number of aromatic nitrogens is 2. The van der Waals surface area contributed by atoms with E-state index in [2.05, 4.69) is 17.7 Å². The van der Waals surface area contributed by atoms with Crippen molar-refractivity contribution in [1.29, 1.82) is 0 Å². The van der Waals surface area contributed by atoms with E-state index in [1.54, 1.807) is 6.08 Å². The molecule has 0 aromatic carbocycles. The maximum Gasteiger partial charge on any atom is 0.0667 e. The van der Waals surface area contributed by atoms with Crippen LogP contribution in [0.4, 0.5) is 0 Å². The molecule has 1 rings (SSSR count). The second kappa shape index (κ2) is 4.82. The first kappa shape index (κ1) is 9.99. The van der Waals surface area contributed by atoms with Crippen LogP contribution in [0.3, 0.4) is 0 Å². The highest BCUT2D eigenvalue weighted by molar-refractivity contribution is 5.06. The summed E-state index contributed by atoms with van der Waals surface area (Å²) >= 11 is 0. The lowest BCUT2D eigenvalue weighted by Gasteiger charge is -2.03. The molecule has 1 aromatic heterocycles. The minimum absolute atomic E-state index is 0.610. The van der Waals surface area contributed by atoms with Crippen molar-refractivity contribution in [2.45, 2.75) is 20.4 Å². The highest BCUT2D eigenvalue weighted by Gasteiger charge is 1.99. The maximum absolute atomic E-state index is 5.27. The molecular formula is C10H16N2O. The molecule has 0 aliphatic heterocycles. The number of nitrogens with zero attached hydrogens (tertiary/aromatic N) is 2. The standard InChI is InChI=1S/C10H16N2O/c1-4-6-13-7-5-12-10(3)8-9(2)11-12/h4,8H,1,5-7H2,2-3H3. The Morgan fingerprint density at radius 2 is 2.38 bits per heavy atom. The van der Waals surface area contributed by atoms with Crippen molar-refractivity contribution in [2.75, 3.05) is 13.2 Å². The van der Waals surface area contributed by atoms with Gasteiger partial charge in [-0.2, -0.15) is 5.10 Å². The molecule has 0 atom stereocenters. The predicted molar refractivity (Wildman–Crippen MR) is 52.7 cm³/mol. The molecule has 0 spiro atoms. The van der Waals surface area contributed by atoms with Gasteiger partial charge in [-0.25, -0.2) is 0 Å². The molecule has 0 aliphatic carbocycles. The average molecular weight is 180 g/mol. The molecule has 0 unspecified atom stereocenters. The summed E-state index contributed by atoms with van der Waals surface area (Å²) < 4.78 is 7.23. The molecule has 0 amide bonds. The molecule has 0 fully saturated rings. The minimum atomic E-state index is 0.610. The topological polar surface area (TPSA) is 27.1 Å². The van der Waals surface area contributed by atoms with E-state index in [-0.39, 0.29) is 0 Å². The van der Waals surface area contributed by atoms with Gasteiger partial charge in [-0.05, 0) is 19.9 Å². The van der Waals surface area contributed by atoms with Gasteiger partial charge < -0.3 is 4.74 Å². The molecule has 13 heavy (non-hydrogen) atoms. The van der Waals surface area contributed by atoms with Crippen molar-refractivity contribution in [2.24, 2.45) is 0 Å². The van der Waals surface area contributed by atoms with Gasteiger partial charge in [0.25, 0.3) is 0 Å². The lowest BCUT2D eigenvalue weighted by atomic mass is 10.4. The van der Waals surface area contributed by atoms with Crippen molar-refractivity contribution in [3.8, 4) is 0 Å². The normalized spacial score (nSPS) is 10.3. The van der Waals surface area contributed by atoms with E-state index in [9.17, 15) is 0 Å². The summed E-state index contributed by atoms with van der Waals surface area (Å²) in [6.07, 6.45) is 1.75. The number of ether oxygens (including phenoxy) is 1. The van der Waals surface area contributed by atoms with Gasteiger partial charge in [-0.3, -0.25) is 4.68 Å². The first-order valence-electron chi connectivity index (χ1n) is 4.43. The fourth-order valence-corrected chi connectivity index (χ4v) is 1.22. The molecule has 0 saturated carbocycles. The van der Waals surface area contributed by atoms with Crippen LogP contribution in [0.15, 0.2) is 18.7 Å².